The zero-order valence-corrected chi connectivity index (χ0v) is 12.5. The molecule has 1 aliphatic carbocycles. The maximum absolute atomic E-state index is 11.8. The molecular formula is C16H24O5. The first-order chi connectivity index (χ1) is 9.99. The fraction of sp³-hybridized carbons (Fsp3) is 0.750. The Morgan fingerprint density at radius 2 is 2.10 bits per heavy atom. The molecule has 0 fully saturated rings. The van der Waals surface area contributed by atoms with Crippen LogP contribution >= 0.6 is 0 Å². The first-order valence-electron chi connectivity index (χ1n) is 7.77. The fourth-order valence-electron chi connectivity index (χ4n) is 2.99. The quantitative estimate of drug-likeness (QED) is 0.728. The highest BCUT2D eigenvalue weighted by Gasteiger charge is 2.35. The van der Waals surface area contributed by atoms with E-state index in [0.717, 1.165) is 12.8 Å². The lowest BCUT2D eigenvalue weighted by atomic mass is 9.87. The van der Waals surface area contributed by atoms with Gasteiger partial charge in [0.1, 0.15) is 23.8 Å². The van der Waals surface area contributed by atoms with E-state index in [1.807, 2.05) is 0 Å². The number of Topliss-reactive ketones (excluding diaryl/α,β-unsaturated/α-hetero) is 2. The third-order valence-electron chi connectivity index (χ3n) is 4.26. The number of hydrogen-bond acceptors (Lipinski definition) is 5. The topological polar surface area (TPSA) is 83.8 Å². The van der Waals surface area contributed by atoms with Gasteiger partial charge in [-0.1, -0.05) is 6.42 Å². The van der Waals surface area contributed by atoms with E-state index < -0.39 is 12.2 Å². The number of rotatable bonds is 6. The zero-order valence-electron chi connectivity index (χ0n) is 12.5. The molecule has 0 aromatic heterocycles. The van der Waals surface area contributed by atoms with Gasteiger partial charge in [-0.15, -0.1) is 0 Å². The molecule has 21 heavy (non-hydrogen) atoms. The lowest BCUT2D eigenvalue weighted by Gasteiger charge is -2.34. The molecule has 0 spiro atoms. The Kier molecular flexibility index (Phi) is 5.53. The van der Waals surface area contributed by atoms with Crippen LogP contribution in [0.4, 0.5) is 0 Å². The van der Waals surface area contributed by atoms with E-state index in [0.29, 0.717) is 49.9 Å². The Hall–Kier alpha value is -1.20. The largest absolute Gasteiger partial charge is 0.492 e. The van der Waals surface area contributed by atoms with Crippen molar-refractivity contribution in [2.45, 2.75) is 76.6 Å². The van der Waals surface area contributed by atoms with Crippen molar-refractivity contribution in [1.82, 2.24) is 0 Å². The average Bonchev–Trinajstić information content (AvgIpc) is 2.46. The number of aliphatic hydroxyl groups excluding tert-OH is 2. The van der Waals surface area contributed by atoms with Crippen LogP contribution in [-0.2, 0) is 14.3 Å². The summed E-state index contributed by atoms with van der Waals surface area (Å²) < 4.78 is 5.78. The number of carbonyl (C=O) groups excluding carboxylic acids is 2. The number of aliphatic hydroxyl groups is 2. The molecule has 2 N–H and O–H groups in total. The standard InChI is InChI=1S/C16H24O5/c1-10(17)4-2-3-5-12(18)15-8-6-11-14(21-15)9-7-13(19)16(11)20/h12-13,15,18-19H,2-9H2,1H3. The van der Waals surface area contributed by atoms with Gasteiger partial charge in [-0.3, -0.25) is 4.79 Å². The first kappa shape index (κ1) is 16.2. The van der Waals surface area contributed by atoms with Crippen LogP contribution in [0, 0.1) is 0 Å². The van der Waals surface area contributed by atoms with Gasteiger partial charge in [-0.05, 0) is 39.0 Å². The van der Waals surface area contributed by atoms with Crippen LogP contribution in [-0.4, -0.2) is 40.1 Å². The number of ether oxygens (including phenoxy) is 1. The Labute approximate surface area is 125 Å². The smallest absolute Gasteiger partial charge is 0.190 e. The second-order valence-corrected chi connectivity index (χ2v) is 6.03. The van der Waals surface area contributed by atoms with Gasteiger partial charge in [0.2, 0.25) is 0 Å². The van der Waals surface area contributed by atoms with E-state index in [2.05, 4.69) is 0 Å². The molecule has 0 aromatic carbocycles. The van der Waals surface area contributed by atoms with Crippen molar-refractivity contribution < 1.29 is 24.5 Å². The number of hydrogen-bond donors (Lipinski definition) is 2. The van der Waals surface area contributed by atoms with Crippen LogP contribution in [0.25, 0.3) is 0 Å². The van der Waals surface area contributed by atoms with Gasteiger partial charge in [0, 0.05) is 18.4 Å². The normalized spacial score (nSPS) is 27.1. The minimum Gasteiger partial charge on any atom is -0.492 e. The van der Waals surface area contributed by atoms with E-state index in [4.69, 9.17) is 4.74 Å². The van der Waals surface area contributed by atoms with E-state index in [-0.39, 0.29) is 17.7 Å². The Balaban J connectivity index is 1.83. The summed E-state index contributed by atoms with van der Waals surface area (Å²) >= 11 is 0. The van der Waals surface area contributed by atoms with Gasteiger partial charge in [0.25, 0.3) is 0 Å². The SMILES string of the molecule is CC(=O)CCCCC(O)C1CCC2=C(CCC(O)C2=O)O1. The van der Waals surface area contributed by atoms with Crippen LogP contribution in [0.15, 0.2) is 11.3 Å². The first-order valence-corrected chi connectivity index (χ1v) is 7.77. The van der Waals surface area contributed by atoms with Gasteiger partial charge >= 0.3 is 0 Å². The molecule has 0 saturated carbocycles. The lowest BCUT2D eigenvalue weighted by Crippen LogP contribution is -2.37. The lowest BCUT2D eigenvalue weighted by molar-refractivity contribution is -0.126. The zero-order chi connectivity index (χ0) is 15.4. The molecule has 118 valence electrons. The molecule has 2 rings (SSSR count). The molecule has 0 bridgehead atoms. The molecule has 0 amide bonds. The molecule has 1 heterocycles. The van der Waals surface area contributed by atoms with Crippen molar-refractivity contribution in [2.24, 2.45) is 0 Å². The summed E-state index contributed by atoms with van der Waals surface area (Å²) in [5, 5.41) is 19.7. The number of unbranched alkanes of at least 4 members (excludes halogenated alkanes) is 1. The molecular weight excluding hydrogens is 272 g/mol. The summed E-state index contributed by atoms with van der Waals surface area (Å²) in [6.07, 6.45) is 3.16. The van der Waals surface area contributed by atoms with Crippen molar-refractivity contribution in [1.29, 1.82) is 0 Å². The van der Waals surface area contributed by atoms with Crippen molar-refractivity contribution in [3.05, 3.63) is 11.3 Å². The van der Waals surface area contributed by atoms with Gasteiger partial charge in [0.15, 0.2) is 5.78 Å². The van der Waals surface area contributed by atoms with Gasteiger partial charge in [0.05, 0.1) is 6.10 Å². The van der Waals surface area contributed by atoms with Crippen LogP contribution in [0.2, 0.25) is 0 Å². The summed E-state index contributed by atoms with van der Waals surface area (Å²) in [7, 11) is 0. The number of ketones is 2. The van der Waals surface area contributed by atoms with Crippen LogP contribution in [0.3, 0.4) is 0 Å². The minimum absolute atomic E-state index is 0.174. The molecule has 5 nitrogen and oxygen atoms in total. The summed E-state index contributed by atoms with van der Waals surface area (Å²) in [5.74, 6) is 0.613. The maximum Gasteiger partial charge on any atom is 0.190 e. The highest BCUT2D eigenvalue weighted by molar-refractivity contribution is 6.00. The summed E-state index contributed by atoms with van der Waals surface area (Å²) in [6.45, 7) is 1.57. The van der Waals surface area contributed by atoms with Crippen LogP contribution in [0.1, 0.15) is 58.3 Å². The highest BCUT2D eigenvalue weighted by Crippen LogP contribution is 2.34. The highest BCUT2D eigenvalue weighted by atomic mass is 16.5. The van der Waals surface area contributed by atoms with E-state index in [1.54, 1.807) is 6.92 Å². The summed E-state index contributed by atoms with van der Waals surface area (Å²) in [5.41, 5.74) is 0.605. The molecule has 3 atom stereocenters. The Morgan fingerprint density at radius 3 is 2.81 bits per heavy atom. The molecule has 5 heteroatoms. The monoisotopic (exact) mass is 296 g/mol. The fourth-order valence-corrected chi connectivity index (χ4v) is 2.99. The molecule has 0 saturated heterocycles. The Morgan fingerprint density at radius 1 is 1.33 bits per heavy atom. The second kappa shape index (κ2) is 7.18. The third kappa shape index (κ3) is 4.14. The van der Waals surface area contributed by atoms with Crippen molar-refractivity contribution in [2.75, 3.05) is 0 Å². The summed E-state index contributed by atoms with van der Waals surface area (Å²) in [6, 6.07) is 0. The van der Waals surface area contributed by atoms with E-state index >= 15 is 0 Å². The van der Waals surface area contributed by atoms with E-state index in [9.17, 15) is 19.8 Å². The van der Waals surface area contributed by atoms with Crippen molar-refractivity contribution >= 4 is 11.6 Å². The molecule has 3 unspecified atom stereocenters. The predicted molar refractivity (Wildman–Crippen MR) is 76.5 cm³/mol. The van der Waals surface area contributed by atoms with Crippen LogP contribution < -0.4 is 0 Å². The Bertz CT molecular complexity index is 440. The number of allylic oxidation sites excluding steroid dienone is 1. The van der Waals surface area contributed by atoms with Crippen molar-refractivity contribution in [3.63, 3.8) is 0 Å². The molecule has 1 aliphatic heterocycles. The predicted octanol–water partition coefficient (Wildman–Crippen LogP) is 1.65. The third-order valence-corrected chi connectivity index (χ3v) is 4.26. The van der Waals surface area contributed by atoms with Gasteiger partial charge in [-0.2, -0.15) is 0 Å². The summed E-state index contributed by atoms with van der Waals surface area (Å²) in [4.78, 5) is 22.7. The molecule has 0 radical (unpaired) electrons. The maximum atomic E-state index is 11.8. The molecule has 2 aliphatic rings. The second-order valence-electron chi connectivity index (χ2n) is 6.03. The van der Waals surface area contributed by atoms with E-state index in [1.165, 1.54) is 0 Å². The minimum atomic E-state index is -0.889. The van der Waals surface area contributed by atoms with Gasteiger partial charge in [-0.25, -0.2) is 0 Å². The number of carbonyl (C=O) groups is 2. The van der Waals surface area contributed by atoms with Crippen LogP contribution in [0.5, 0.6) is 0 Å². The van der Waals surface area contributed by atoms with Gasteiger partial charge < -0.3 is 19.7 Å². The molecule has 0 aromatic rings. The van der Waals surface area contributed by atoms with Crippen molar-refractivity contribution in [3.8, 4) is 0 Å². The average molecular weight is 296 g/mol.